The molecule has 2 aromatic rings. The molecule has 0 heterocycles. The normalized spacial score (nSPS) is 21.6. The smallest absolute Gasteiger partial charge is 0.207 e. The third kappa shape index (κ3) is 5.48. The zero-order valence-corrected chi connectivity index (χ0v) is 19.3. The molecular weight excluding hydrogens is 440 g/mol. The standard InChI is InChI=1S/C23H28Cl2NO3P/c24-22(8-9-22)20-7-6-18(12-21(20)23(25)10-11-23)13-26-14-19(27)16-30(28,29)15-17-4-2-1-3-5-17/h1-7,12,19,26-27H,8-11,13-16H2,(H,28,29). The monoisotopic (exact) mass is 467 g/mol. The van der Waals surface area contributed by atoms with E-state index in [0.29, 0.717) is 6.54 Å². The van der Waals surface area contributed by atoms with E-state index < -0.39 is 13.5 Å². The van der Waals surface area contributed by atoms with Crippen molar-refractivity contribution >= 4 is 30.6 Å². The summed E-state index contributed by atoms with van der Waals surface area (Å²) in [5.74, 6) is 0. The fraction of sp³-hybridized carbons (Fsp3) is 0.478. The molecule has 2 atom stereocenters. The molecule has 0 aromatic heterocycles. The summed E-state index contributed by atoms with van der Waals surface area (Å²) in [7, 11) is -3.44. The Bertz CT molecular complexity index is 945. The molecule has 0 spiro atoms. The lowest BCUT2D eigenvalue weighted by atomic mass is 9.96. The maximum absolute atomic E-state index is 12.5. The van der Waals surface area contributed by atoms with Crippen LogP contribution in [0.25, 0.3) is 0 Å². The summed E-state index contributed by atoms with van der Waals surface area (Å²) in [5, 5.41) is 13.5. The first kappa shape index (κ1) is 22.3. The molecule has 2 aromatic carbocycles. The van der Waals surface area contributed by atoms with Crippen molar-refractivity contribution in [1.29, 1.82) is 0 Å². The summed E-state index contributed by atoms with van der Waals surface area (Å²) >= 11 is 13.4. The molecule has 0 bridgehead atoms. The van der Waals surface area contributed by atoms with Crippen molar-refractivity contribution in [1.82, 2.24) is 5.32 Å². The Labute approximate surface area is 188 Å². The minimum Gasteiger partial charge on any atom is -0.391 e. The molecule has 2 fully saturated rings. The van der Waals surface area contributed by atoms with Crippen LogP contribution < -0.4 is 5.32 Å². The molecule has 2 unspecified atom stereocenters. The van der Waals surface area contributed by atoms with E-state index in [4.69, 9.17) is 23.2 Å². The second kappa shape index (κ2) is 8.58. The third-order valence-electron chi connectivity index (χ3n) is 5.90. The first-order chi connectivity index (χ1) is 14.2. The van der Waals surface area contributed by atoms with Gasteiger partial charge in [0.25, 0.3) is 0 Å². The molecule has 30 heavy (non-hydrogen) atoms. The van der Waals surface area contributed by atoms with Crippen LogP contribution in [0, 0.1) is 0 Å². The van der Waals surface area contributed by atoms with Crippen LogP contribution in [-0.2, 0) is 27.0 Å². The molecule has 3 N–H and O–H groups in total. The van der Waals surface area contributed by atoms with E-state index in [1.54, 1.807) is 0 Å². The molecule has 162 valence electrons. The highest BCUT2D eigenvalue weighted by Gasteiger charge is 2.50. The van der Waals surface area contributed by atoms with Gasteiger partial charge >= 0.3 is 0 Å². The third-order valence-corrected chi connectivity index (χ3v) is 8.92. The summed E-state index contributed by atoms with van der Waals surface area (Å²) in [6, 6.07) is 15.5. The fourth-order valence-corrected chi connectivity index (χ4v) is 6.14. The van der Waals surface area contributed by atoms with Gasteiger partial charge in [0.1, 0.15) is 0 Å². The Kier molecular flexibility index (Phi) is 6.38. The van der Waals surface area contributed by atoms with E-state index in [2.05, 4.69) is 23.5 Å². The minimum absolute atomic E-state index is 0.0771. The average molecular weight is 468 g/mol. The highest BCUT2D eigenvalue weighted by molar-refractivity contribution is 7.57. The number of hydrogen-bond acceptors (Lipinski definition) is 3. The van der Waals surface area contributed by atoms with E-state index in [0.717, 1.165) is 47.9 Å². The van der Waals surface area contributed by atoms with Crippen LogP contribution in [0.5, 0.6) is 0 Å². The molecule has 2 saturated carbocycles. The van der Waals surface area contributed by atoms with Gasteiger partial charge in [-0.2, -0.15) is 0 Å². The second-order valence-corrected chi connectivity index (χ2v) is 12.6. The van der Waals surface area contributed by atoms with Gasteiger partial charge in [0.2, 0.25) is 7.37 Å². The van der Waals surface area contributed by atoms with Gasteiger partial charge in [-0.05, 0) is 47.9 Å². The van der Waals surface area contributed by atoms with Gasteiger partial charge in [0, 0.05) is 19.3 Å². The molecule has 0 saturated heterocycles. The number of halogens is 2. The highest BCUT2D eigenvalue weighted by atomic mass is 35.5. The van der Waals surface area contributed by atoms with Crippen molar-refractivity contribution in [2.75, 3.05) is 12.7 Å². The summed E-state index contributed by atoms with van der Waals surface area (Å²) in [6.45, 7) is 0.808. The zero-order chi connectivity index (χ0) is 21.4. The van der Waals surface area contributed by atoms with Gasteiger partial charge in [0.15, 0.2) is 0 Å². The molecule has 4 nitrogen and oxygen atoms in total. The number of hydrogen-bond donors (Lipinski definition) is 3. The summed E-state index contributed by atoms with van der Waals surface area (Å²) in [6.07, 6.45) is 2.98. The number of alkyl halides is 2. The van der Waals surface area contributed by atoms with Gasteiger partial charge < -0.3 is 15.3 Å². The topological polar surface area (TPSA) is 69.6 Å². The van der Waals surface area contributed by atoms with E-state index in [1.807, 2.05) is 30.3 Å². The SMILES string of the molecule is O=P(O)(Cc1ccccc1)CC(O)CNCc1ccc(C2(Cl)CC2)c(C2(Cl)CC2)c1. The van der Waals surface area contributed by atoms with Crippen LogP contribution >= 0.6 is 30.6 Å². The van der Waals surface area contributed by atoms with E-state index in [-0.39, 0.29) is 28.6 Å². The number of nitrogens with one attached hydrogen (secondary N) is 1. The predicted molar refractivity (Wildman–Crippen MR) is 123 cm³/mol. The molecule has 0 radical (unpaired) electrons. The molecule has 2 aliphatic carbocycles. The van der Waals surface area contributed by atoms with E-state index >= 15 is 0 Å². The van der Waals surface area contributed by atoms with Crippen molar-refractivity contribution < 1.29 is 14.6 Å². The first-order valence-electron chi connectivity index (χ1n) is 10.4. The van der Waals surface area contributed by atoms with E-state index in [1.165, 1.54) is 0 Å². The van der Waals surface area contributed by atoms with Crippen LogP contribution in [0.4, 0.5) is 0 Å². The minimum atomic E-state index is -3.44. The van der Waals surface area contributed by atoms with Gasteiger partial charge in [0.05, 0.1) is 22.0 Å². The zero-order valence-electron chi connectivity index (χ0n) is 16.9. The lowest BCUT2D eigenvalue weighted by Gasteiger charge is -2.20. The number of benzene rings is 2. The van der Waals surface area contributed by atoms with Crippen molar-refractivity contribution in [3.8, 4) is 0 Å². The number of aliphatic hydroxyl groups is 1. The van der Waals surface area contributed by atoms with Crippen molar-refractivity contribution in [2.45, 2.75) is 54.2 Å². The number of rotatable bonds is 10. The average Bonchev–Trinajstić information content (AvgIpc) is 3.61. The molecule has 0 aliphatic heterocycles. The summed E-state index contributed by atoms with van der Waals surface area (Å²) in [5.41, 5.74) is 4.17. The predicted octanol–water partition coefficient (Wildman–Crippen LogP) is 5.06. The second-order valence-electron chi connectivity index (χ2n) is 8.77. The van der Waals surface area contributed by atoms with E-state index in [9.17, 15) is 14.6 Å². The molecule has 2 aliphatic rings. The Hall–Kier alpha value is -0.870. The van der Waals surface area contributed by atoms with Crippen molar-refractivity contribution in [3.05, 3.63) is 70.8 Å². The van der Waals surface area contributed by atoms with Crippen LogP contribution in [0.3, 0.4) is 0 Å². The van der Waals surface area contributed by atoms with Crippen LogP contribution in [-0.4, -0.2) is 28.8 Å². The maximum atomic E-state index is 12.5. The van der Waals surface area contributed by atoms with Crippen molar-refractivity contribution in [2.24, 2.45) is 0 Å². The Morgan fingerprint density at radius 3 is 2.23 bits per heavy atom. The van der Waals surface area contributed by atoms with Gasteiger partial charge in [-0.3, -0.25) is 4.57 Å². The lowest BCUT2D eigenvalue weighted by molar-refractivity contribution is 0.190. The maximum Gasteiger partial charge on any atom is 0.207 e. The van der Waals surface area contributed by atoms with Gasteiger partial charge in [-0.15, -0.1) is 23.2 Å². The summed E-state index contributed by atoms with van der Waals surface area (Å²) in [4.78, 5) is 9.71. The van der Waals surface area contributed by atoms with Crippen LogP contribution in [0.15, 0.2) is 48.5 Å². The van der Waals surface area contributed by atoms with Gasteiger partial charge in [-0.1, -0.05) is 48.5 Å². The molecule has 4 rings (SSSR count). The highest BCUT2D eigenvalue weighted by Crippen LogP contribution is 2.60. The molecule has 7 heteroatoms. The Morgan fingerprint density at radius 2 is 1.60 bits per heavy atom. The molecule has 0 amide bonds. The Balaban J connectivity index is 1.31. The first-order valence-corrected chi connectivity index (χ1v) is 13.2. The quantitative estimate of drug-likeness (QED) is 0.337. The van der Waals surface area contributed by atoms with Crippen molar-refractivity contribution in [3.63, 3.8) is 0 Å². The lowest BCUT2D eigenvalue weighted by Crippen LogP contribution is -2.29. The van der Waals surface area contributed by atoms with Gasteiger partial charge in [-0.25, -0.2) is 0 Å². The fourth-order valence-electron chi connectivity index (χ4n) is 3.93. The summed E-state index contributed by atoms with van der Waals surface area (Å²) < 4.78 is 12.5. The molecular formula is C23H28Cl2NO3P. The largest absolute Gasteiger partial charge is 0.391 e. The Morgan fingerprint density at radius 1 is 0.967 bits per heavy atom. The van der Waals surface area contributed by atoms with Crippen LogP contribution in [0.2, 0.25) is 0 Å². The van der Waals surface area contributed by atoms with Crippen LogP contribution in [0.1, 0.15) is 47.9 Å². The number of aliphatic hydroxyl groups excluding tert-OH is 1.